The molecule has 7 heteroatoms. The first-order valence-corrected chi connectivity index (χ1v) is 8.34. The quantitative estimate of drug-likeness (QED) is 0.646. The lowest BCUT2D eigenvalue weighted by atomic mass is 10.3. The van der Waals surface area contributed by atoms with Gasteiger partial charge in [0.2, 0.25) is 5.91 Å². The molecule has 112 valence electrons. The fourth-order valence-electron chi connectivity index (χ4n) is 1.70. The van der Waals surface area contributed by atoms with E-state index < -0.39 is 21.6 Å². The number of hydrogen-bond acceptors (Lipinski definition) is 4. The molecule has 6 nitrogen and oxygen atoms in total. The number of carbonyl (C=O) groups is 2. The van der Waals surface area contributed by atoms with Gasteiger partial charge in [-0.15, -0.1) is 0 Å². The first kappa shape index (κ1) is 17.9. The van der Waals surface area contributed by atoms with Crippen molar-refractivity contribution in [3.63, 3.8) is 0 Å². The number of carbonyl (C=O) groups excluding carboxylic acids is 1. The van der Waals surface area contributed by atoms with Crippen LogP contribution in [-0.2, 0) is 19.4 Å². The molecule has 1 amide bonds. The number of aliphatic carboxylic acids is 1. The van der Waals surface area contributed by atoms with Gasteiger partial charge in [-0.25, -0.2) is 8.42 Å². The molecule has 0 aromatic rings. The highest BCUT2D eigenvalue weighted by atomic mass is 32.2. The summed E-state index contributed by atoms with van der Waals surface area (Å²) in [5.41, 5.74) is 0. The standard InChI is InChI=1S/C12H23NO5S/c1-3-7-13(8-4-2)11(14)10-19(17,18)9-5-6-12(15)16/h3-10H2,1-2H3,(H,15,16). The van der Waals surface area contributed by atoms with E-state index in [0.717, 1.165) is 12.8 Å². The third kappa shape index (κ3) is 8.58. The van der Waals surface area contributed by atoms with Gasteiger partial charge in [-0.3, -0.25) is 9.59 Å². The summed E-state index contributed by atoms with van der Waals surface area (Å²) >= 11 is 0. The van der Waals surface area contributed by atoms with E-state index >= 15 is 0 Å². The number of sulfone groups is 1. The van der Waals surface area contributed by atoms with Crippen molar-refractivity contribution in [2.45, 2.75) is 39.5 Å². The Balaban J connectivity index is 4.37. The van der Waals surface area contributed by atoms with Crippen LogP contribution >= 0.6 is 0 Å². The molecular formula is C12H23NO5S. The molecule has 0 aliphatic carbocycles. The average molecular weight is 293 g/mol. The van der Waals surface area contributed by atoms with Crippen molar-refractivity contribution in [2.24, 2.45) is 0 Å². The number of carboxylic acids is 1. The highest BCUT2D eigenvalue weighted by Gasteiger charge is 2.21. The molecular weight excluding hydrogens is 270 g/mol. The van der Waals surface area contributed by atoms with E-state index in [1.807, 2.05) is 13.8 Å². The minimum Gasteiger partial charge on any atom is -0.481 e. The summed E-state index contributed by atoms with van der Waals surface area (Å²) in [5.74, 6) is -2.19. The van der Waals surface area contributed by atoms with Crippen LogP contribution < -0.4 is 0 Å². The highest BCUT2D eigenvalue weighted by Crippen LogP contribution is 2.02. The maximum absolute atomic E-state index is 11.9. The summed E-state index contributed by atoms with van der Waals surface area (Å²) in [4.78, 5) is 23.7. The predicted molar refractivity (Wildman–Crippen MR) is 72.7 cm³/mol. The van der Waals surface area contributed by atoms with Crippen LogP contribution in [0.4, 0.5) is 0 Å². The van der Waals surface area contributed by atoms with E-state index in [4.69, 9.17) is 5.11 Å². The second-order valence-corrected chi connectivity index (χ2v) is 6.65. The Morgan fingerprint density at radius 2 is 1.63 bits per heavy atom. The summed E-state index contributed by atoms with van der Waals surface area (Å²) in [6.07, 6.45) is 1.42. The van der Waals surface area contributed by atoms with Gasteiger partial charge < -0.3 is 10.0 Å². The van der Waals surface area contributed by atoms with Crippen LogP contribution in [0.1, 0.15) is 39.5 Å². The van der Waals surface area contributed by atoms with Crippen molar-refractivity contribution < 1.29 is 23.1 Å². The molecule has 0 saturated heterocycles. The number of amides is 1. The van der Waals surface area contributed by atoms with Crippen molar-refractivity contribution >= 4 is 21.7 Å². The van der Waals surface area contributed by atoms with Gasteiger partial charge in [-0.2, -0.15) is 0 Å². The topological polar surface area (TPSA) is 91.8 Å². The van der Waals surface area contributed by atoms with Crippen LogP contribution in [0.5, 0.6) is 0 Å². The molecule has 0 rings (SSSR count). The number of nitrogens with zero attached hydrogens (tertiary/aromatic N) is 1. The van der Waals surface area contributed by atoms with Crippen LogP contribution in [0, 0.1) is 0 Å². The zero-order valence-electron chi connectivity index (χ0n) is 11.6. The molecule has 0 bridgehead atoms. The van der Waals surface area contributed by atoms with Crippen molar-refractivity contribution in [2.75, 3.05) is 24.6 Å². The second-order valence-electron chi connectivity index (χ2n) is 4.47. The van der Waals surface area contributed by atoms with E-state index in [1.54, 1.807) is 4.90 Å². The average Bonchev–Trinajstić information content (AvgIpc) is 2.27. The number of carboxylic acid groups (broad SMARTS) is 1. The van der Waals surface area contributed by atoms with Gasteiger partial charge >= 0.3 is 5.97 Å². The molecule has 0 aliphatic rings. The maximum atomic E-state index is 11.9. The van der Waals surface area contributed by atoms with Crippen molar-refractivity contribution in [3.05, 3.63) is 0 Å². The Bertz CT molecular complexity index is 385. The summed E-state index contributed by atoms with van der Waals surface area (Å²) in [6.45, 7) is 4.96. The van der Waals surface area contributed by atoms with Gasteiger partial charge in [0.25, 0.3) is 0 Å². The van der Waals surface area contributed by atoms with Crippen LogP contribution in [-0.4, -0.2) is 54.9 Å². The van der Waals surface area contributed by atoms with Gasteiger partial charge in [0.1, 0.15) is 5.75 Å². The molecule has 0 heterocycles. The normalized spacial score (nSPS) is 11.3. The Kier molecular flexibility index (Phi) is 8.38. The summed E-state index contributed by atoms with van der Waals surface area (Å²) in [7, 11) is -3.51. The number of hydrogen-bond donors (Lipinski definition) is 1. The zero-order chi connectivity index (χ0) is 14.9. The van der Waals surface area contributed by atoms with E-state index in [2.05, 4.69) is 0 Å². The maximum Gasteiger partial charge on any atom is 0.303 e. The lowest BCUT2D eigenvalue weighted by Crippen LogP contribution is -2.37. The molecule has 0 atom stereocenters. The van der Waals surface area contributed by atoms with Crippen molar-refractivity contribution in [3.8, 4) is 0 Å². The molecule has 0 unspecified atom stereocenters. The lowest BCUT2D eigenvalue weighted by molar-refractivity contribution is -0.137. The smallest absolute Gasteiger partial charge is 0.303 e. The third-order valence-corrected chi connectivity index (χ3v) is 4.13. The molecule has 0 fully saturated rings. The molecule has 19 heavy (non-hydrogen) atoms. The van der Waals surface area contributed by atoms with Crippen LogP contribution in [0.25, 0.3) is 0 Å². The molecule has 0 aromatic heterocycles. The van der Waals surface area contributed by atoms with Gasteiger partial charge in [0.05, 0.1) is 5.75 Å². The Morgan fingerprint density at radius 3 is 2.05 bits per heavy atom. The fourth-order valence-corrected chi connectivity index (χ4v) is 2.98. The number of rotatable bonds is 10. The van der Waals surface area contributed by atoms with Gasteiger partial charge in [0.15, 0.2) is 9.84 Å². The van der Waals surface area contributed by atoms with E-state index in [0.29, 0.717) is 13.1 Å². The summed E-state index contributed by atoms with van der Waals surface area (Å²) in [5, 5.41) is 8.45. The minimum absolute atomic E-state index is 0.0481. The molecule has 0 radical (unpaired) electrons. The highest BCUT2D eigenvalue weighted by molar-refractivity contribution is 7.92. The monoisotopic (exact) mass is 293 g/mol. The summed E-state index contributed by atoms with van der Waals surface area (Å²) in [6, 6.07) is 0. The largest absolute Gasteiger partial charge is 0.481 e. The zero-order valence-corrected chi connectivity index (χ0v) is 12.4. The third-order valence-electron chi connectivity index (χ3n) is 2.53. The second kappa shape index (κ2) is 8.90. The van der Waals surface area contributed by atoms with Crippen molar-refractivity contribution in [1.82, 2.24) is 4.90 Å². The molecule has 0 aromatic carbocycles. The SMILES string of the molecule is CCCN(CCC)C(=O)CS(=O)(=O)CCCC(=O)O. The molecule has 0 spiro atoms. The first-order valence-electron chi connectivity index (χ1n) is 6.52. The molecule has 0 aliphatic heterocycles. The van der Waals surface area contributed by atoms with Crippen LogP contribution in [0.3, 0.4) is 0 Å². The van der Waals surface area contributed by atoms with E-state index in [-0.39, 0.29) is 24.5 Å². The van der Waals surface area contributed by atoms with Crippen LogP contribution in [0.2, 0.25) is 0 Å². The lowest BCUT2D eigenvalue weighted by Gasteiger charge is -2.21. The van der Waals surface area contributed by atoms with Gasteiger partial charge in [-0.1, -0.05) is 13.8 Å². The summed E-state index contributed by atoms with van der Waals surface area (Å²) < 4.78 is 23.4. The van der Waals surface area contributed by atoms with Crippen LogP contribution in [0.15, 0.2) is 0 Å². The van der Waals surface area contributed by atoms with Crippen molar-refractivity contribution in [1.29, 1.82) is 0 Å². The Hall–Kier alpha value is -1.11. The predicted octanol–water partition coefficient (Wildman–Crippen LogP) is 0.915. The minimum atomic E-state index is -3.51. The first-order chi connectivity index (χ1) is 8.82. The fraction of sp³-hybridized carbons (Fsp3) is 0.833. The van der Waals surface area contributed by atoms with E-state index in [1.165, 1.54) is 0 Å². The van der Waals surface area contributed by atoms with E-state index in [9.17, 15) is 18.0 Å². The Morgan fingerprint density at radius 1 is 1.11 bits per heavy atom. The molecule has 1 N–H and O–H groups in total. The molecule has 0 saturated carbocycles. The Labute approximate surface area is 114 Å². The van der Waals surface area contributed by atoms with Gasteiger partial charge in [-0.05, 0) is 19.3 Å². The van der Waals surface area contributed by atoms with Gasteiger partial charge in [0, 0.05) is 19.5 Å².